The van der Waals surface area contributed by atoms with Crippen LogP contribution < -0.4 is 10.1 Å². The Morgan fingerprint density at radius 2 is 2.00 bits per heavy atom. The zero-order chi connectivity index (χ0) is 15.2. The molecule has 1 atom stereocenters. The SMILES string of the molecule is CCCNC(c1ccc(OC)cc1F)C1CCC(C)CC1. The Balaban J connectivity index is 2.18. The first kappa shape index (κ1) is 16.3. The molecule has 1 aliphatic rings. The number of rotatable bonds is 6. The van der Waals surface area contributed by atoms with Crippen LogP contribution in [0.5, 0.6) is 5.75 Å². The third-order valence-electron chi connectivity index (χ3n) is 4.69. The van der Waals surface area contributed by atoms with Crippen molar-refractivity contribution < 1.29 is 9.13 Å². The van der Waals surface area contributed by atoms with Crippen LogP contribution in [0, 0.1) is 17.7 Å². The lowest BCUT2D eigenvalue weighted by atomic mass is 9.77. The topological polar surface area (TPSA) is 21.3 Å². The van der Waals surface area contributed by atoms with Crippen LogP contribution in [0.2, 0.25) is 0 Å². The van der Waals surface area contributed by atoms with Gasteiger partial charge in [-0.1, -0.05) is 32.8 Å². The largest absolute Gasteiger partial charge is 0.497 e. The number of nitrogens with one attached hydrogen (secondary N) is 1. The Morgan fingerprint density at radius 3 is 2.57 bits per heavy atom. The van der Waals surface area contributed by atoms with Crippen molar-refractivity contribution in [2.24, 2.45) is 11.8 Å². The predicted molar refractivity (Wildman–Crippen MR) is 85.1 cm³/mol. The van der Waals surface area contributed by atoms with Crippen molar-refractivity contribution in [3.63, 3.8) is 0 Å². The molecule has 1 aromatic carbocycles. The van der Waals surface area contributed by atoms with Gasteiger partial charge in [0.2, 0.25) is 0 Å². The van der Waals surface area contributed by atoms with Gasteiger partial charge in [0.25, 0.3) is 0 Å². The van der Waals surface area contributed by atoms with Crippen molar-refractivity contribution in [3.8, 4) is 5.75 Å². The van der Waals surface area contributed by atoms with Crippen molar-refractivity contribution in [1.82, 2.24) is 5.32 Å². The molecule has 1 saturated carbocycles. The first-order chi connectivity index (χ1) is 10.2. The van der Waals surface area contributed by atoms with Crippen LogP contribution in [0.15, 0.2) is 18.2 Å². The summed E-state index contributed by atoms with van der Waals surface area (Å²) in [5.74, 6) is 1.79. The monoisotopic (exact) mass is 293 g/mol. The van der Waals surface area contributed by atoms with E-state index in [-0.39, 0.29) is 11.9 Å². The van der Waals surface area contributed by atoms with Gasteiger partial charge in [-0.25, -0.2) is 4.39 Å². The summed E-state index contributed by atoms with van der Waals surface area (Å²) in [6, 6.07) is 5.38. The Labute approximate surface area is 128 Å². The molecule has 3 heteroatoms. The molecule has 1 unspecified atom stereocenters. The summed E-state index contributed by atoms with van der Waals surface area (Å²) in [7, 11) is 1.57. The first-order valence-electron chi connectivity index (χ1n) is 8.22. The van der Waals surface area contributed by atoms with E-state index in [1.165, 1.54) is 31.7 Å². The van der Waals surface area contributed by atoms with Crippen LogP contribution in [0.3, 0.4) is 0 Å². The Hall–Kier alpha value is -1.09. The summed E-state index contributed by atoms with van der Waals surface area (Å²) < 4.78 is 19.5. The number of hydrogen-bond acceptors (Lipinski definition) is 2. The minimum Gasteiger partial charge on any atom is -0.497 e. The molecule has 0 aliphatic heterocycles. The summed E-state index contributed by atoms with van der Waals surface area (Å²) in [5.41, 5.74) is 0.795. The number of hydrogen-bond donors (Lipinski definition) is 1. The molecule has 1 N–H and O–H groups in total. The van der Waals surface area contributed by atoms with Crippen molar-refractivity contribution >= 4 is 0 Å². The average molecular weight is 293 g/mol. The van der Waals surface area contributed by atoms with Gasteiger partial charge in [-0.15, -0.1) is 0 Å². The second-order valence-corrected chi connectivity index (χ2v) is 6.34. The van der Waals surface area contributed by atoms with E-state index < -0.39 is 0 Å². The van der Waals surface area contributed by atoms with Crippen LogP contribution in [-0.4, -0.2) is 13.7 Å². The van der Waals surface area contributed by atoms with E-state index in [0.717, 1.165) is 24.4 Å². The van der Waals surface area contributed by atoms with Gasteiger partial charge in [-0.2, -0.15) is 0 Å². The number of ether oxygens (including phenoxy) is 1. The highest BCUT2D eigenvalue weighted by Crippen LogP contribution is 2.38. The average Bonchev–Trinajstić information content (AvgIpc) is 2.50. The van der Waals surface area contributed by atoms with Gasteiger partial charge >= 0.3 is 0 Å². The number of halogens is 1. The fourth-order valence-corrected chi connectivity index (χ4v) is 3.34. The second kappa shape index (κ2) is 7.79. The summed E-state index contributed by atoms with van der Waals surface area (Å²) in [6.07, 6.45) is 5.96. The predicted octanol–water partition coefficient (Wildman–Crippen LogP) is 4.70. The van der Waals surface area contributed by atoms with E-state index in [4.69, 9.17) is 4.74 Å². The lowest BCUT2D eigenvalue weighted by molar-refractivity contribution is 0.228. The maximum Gasteiger partial charge on any atom is 0.131 e. The molecule has 0 bridgehead atoms. The van der Waals surface area contributed by atoms with Crippen LogP contribution in [0.1, 0.15) is 57.6 Å². The van der Waals surface area contributed by atoms with E-state index >= 15 is 0 Å². The normalized spacial score (nSPS) is 23.8. The summed E-state index contributed by atoms with van der Waals surface area (Å²) in [5, 5.41) is 3.57. The zero-order valence-electron chi connectivity index (χ0n) is 13.5. The third kappa shape index (κ3) is 4.19. The molecule has 21 heavy (non-hydrogen) atoms. The summed E-state index contributed by atoms with van der Waals surface area (Å²) in [6.45, 7) is 5.40. The quantitative estimate of drug-likeness (QED) is 0.820. The van der Waals surface area contributed by atoms with E-state index in [2.05, 4.69) is 19.2 Å². The highest BCUT2D eigenvalue weighted by molar-refractivity contribution is 5.31. The smallest absolute Gasteiger partial charge is 0.131 e. The Bertz CT molecular complexity index is 441. The van der Waals surface area contributed by atoms with Crippen molar-refractivity contribution in [2.45, 2.75) is 52.0 Å². The summed E-state index contributed by atoms with van der Waals surface area (Å²) >= 11 is 0. The molecule has 1 fully saturated rings. The molecule has 0 amide bonds. The maximum absolute atomic E-state index is 14.4. The molecule has 0 saturated heterocycles. The Morgan fingerprint density at radius 1 is 1.29 bits per heavy atom. The number of benzene rings is 1. The van der Waals surface area contributed by atoms with Gasteiger partial charge in [0, 0.05) is 17.7 Å². The number of methoxy groups -OCH3 is 1. The van der Waals surface area contributed by atoms with Crippen LogP contribution >= 0.6 is 0 Å². The molecule has 0 spiro atoms. The van der Waals surface area contributed by atoms with Gasteiger partial charge in [0.05, 0.1) is 7.11 Å². The molecule has 0 heterocycles. The van der Waals surface area contributed by atoms with Gasteiger partial charge in [0.1, 0.15) is 11.6 Å². The minimum atomic E-state index is -0.151. The van der Waals surface area contributed by atoms with Crippen LogP contribution in [-0.2, 0) is 0 Å². The van der Waals surface area contributed by atoms with E-state index in [0.29, 0.717) is 11.7 Å². The van der Waals surface area contributed by atoms with Crippen molar-refractivity contribution in [3.05, 3.63) is 29.6 Å². The molecule has 1 aromatic rings. The molecular formula is C18H28FNO. The van der Waals surface area contributed by atoms with E-state index in [1.54, 1.807) is 7.11 Å². The van der Waals surface area contributed by atoms with Crippen LogP contribution in [0.4, 0.5) is 4.39 Å². The van der Waals surface area contributed by atoms with Crippen molar-refractivity contribution in [2.75, 3.05) is 13.7 Å². The molecule has 1 aliphatic carbocycles. The standard InChI is InChI=1S/C18H28FNO/c1-4-11-20-18(14-7-5-13(2)6-8-14)16-10-9-15(21-3)12-17(16)19/h9-10,12-14,18,20H,4-8,11H2,1-3H3. The van der Waals surface area contributed by atoms with Gasteiger partial charge < -0.3 is 10.1 Å². The maximum atomic E-state index is 14.4. The molecule has 0 radical (unpaired) electrons. The highest BCUT2D eigenvalue weighted by atomic mass is 19.1. The fourth-order valence-electron chi connectivity index (χ4n) is 3.34. The first-order valence-corrected chi connectivity index (χ1v) is 8.22. The van der Waals surface area contributed by atoms with E-state index in [1.807, 2.05) is 12.1 Å². The fraction of sp³-hybridized carbons (Fsp3) is 0.667. The molecular weight excluding hydrogens is 265 g/mol. The molecule has 118 valence electrons. The minimum absolute atomic E-state index is 0.128. The van der Waals surface area contributed by atoms with Crippen molar-refractivity contribution in [1.29, 1.82) is 0 Å². The summed E-state index contributed by atoms with van der Waals surface area (Å²) in [4.78, 5) is 0. The van der Waals surface area contributed by atoms with Crippen LogP contribution in [0.25, 0.3) is 0 Å². The van der Waals surface area contributed by atoms with E-state index in [9.17, 15) is 4.39 Å². The zero-order valence-corrected chi connectivity index (χ0v) is 13.5. The van der Waals surface area contributed by atoms with Gasteiger partial charge in [-0.05, 0) is 43.7 Å². The molecule has 2 rings (SSSR count). The Kier molecular flexibility index (Phi) is 6.04. The second-order valence-electron chi connectivity index (χ2n) is 6.34. The molecule has 0 aromatic heterocycles. The molecule has 2 nitrogen and oxygen atoms in total. The lowest BCUT2D eigenvalue weighted by Crippen LogP contribution is -2.32. The highest BCUT2D eigenvalue weighted by Gasteiger charge is 2.28. The third-order valence-corrected chi connectivity index (χ3v) is 4.69. The van der Waals surface area contributed by atoms with Gasteiger partial charge in [0.15, 0.2) is 0 Å². The van der Waals surface area contributed by atoms with Gasteiger partial charge in [-0.3, -0.25) is 0 Å². The lowest BCUT2D eigenvalue weighted by Gasteiger charge is -2.34.